The van der Waals surface area contributed by atoms with E-state index in [0.717, 1.165) is 0 Å². The Balaban J connectivity index is 0.000000126. The molecule has 7 aromatic rings. The Bertz CT molecular complexity index is 1340. The van der Waals surface area contributed by atoms with Crippen molar-refractivity contribution in [2.45, 2.75) is 0 Å². The van der Waals surface area contributed by atoms with E-state index in [1.54, 1.807) is 23.7 Å². The highest BCUT2D eigenvalue weighted by atomic mass is 32.1. The van der Waals surface area contributed by atoms with Crippen LogP contribution in [0.2, 0.25) is 0 Å². The molecule has 0 bridgehead atoms. The van der Waals surface area contributed by atoms with Gasteiger partial charge in [0.15, 0.2) is 0 Å². The second-order valence-corrected chi connectivity index (χ2v) is 8.57. The third kappa shape index (κ3) is 4.62. The van der Waals surface area contributed by atoms with E-state index in [4.69, 9.17) is 0 Å². The van der Waals surface area contributed by atoms with Gasteiger partial charge in [-0.1, -0.05) is 97.1 Å². The number of thiophene rings is 1. The van der Waals surface area contributed by atoms with Crippen LogP contribution in [-0.4, -0.2) is 4.98 Å². The molecule has 0 radical (unpaired) electrons. The summed E-state index contributed by atoms with van der Waals surface area (Å²) in [5.74, 6) is 0. The normalized spacial score (nSPS) is 10.4. The van der Waals surface area contributed by atoms with Crippen LogP contribution in [0, 0.1) is 0 Å². The van der Waals surface area contributed by atoms with Crippen LogP contribution >= 0.6 is 11.3 Å². The van der Waals surface area contributed by atoms with Gasteiger partial charge in [0, 0.05) is 17.1 Å². The van der Waals surface area contributed by atoms with Crippen molar-refractivity contribution in [2.24, 2.45) is 0 Å². The van der Waals surface area contributed by atoms with E-state index in [0.29, 0.717) is 0 Å². The lowest BCUT2D eigenvalue weighted by atomic mass is 9.95. The van der Waals surface area contributed by atoms with Crippen LogP contribution < -0.4 is 0 Å². The zero-order chi connectivity index (χ0) is 22.3. The molecule has 0 aliphatic rings. The standard InChI is InChI=1S/C18H12.C8H6S.C5H5N/c1-2-8-14-13(7-1)15-9-3-4-11-17(15)18-12-6-5-10-16(14)18;1-2-4-8-7(3-1)5-6-9-8;1-2-4-6-5-3-1/h1-12H;1-6H;1-5H. The van der Waals surface area contributed by atoms with Crippen LogP contribution in [0.4, 0.5) is 0 Å². The summed E-state index contributed by atoms with van der Waals surface area (Å²) in [6.45, 7) is 0. The first-order chi connectivity index (χ1) is 16.4. The summed E-state index contributed by atoms with van der Waals surface area (Å²) in [7, 11) is 0. The van der Waals surface area contributed by atoms with Crippen LogP contribution in [0.15, 0.2) is 139 Å². The average Bonchev–Trinajstić information content (AvgIpc) is 3.40. The van der Waals surface area contributed by atoms with E-state index in [1.807, 2.05) is 18.2 Å². The van der Waals surface area contributed by atoms with Crippen LogP contribution in [-0.2, 0) is 0 Å². The van der Waals surface area contributed by atoms with E-state index in [2.05, 4.69) is 113 Å². The predicted octanol–water partition coefficient (Wildman–Crippen LogP) is 9.13. The summed E-state index contributed by atoms with van der Waals surface area (Å²) in [5, 5.41) is 11.5. The Morgan fingerprint density at radius 3 is 1.18 bits per heavy atom. The third-order valence-electron chi connectivity index (χ3n) is 5.58. The van der Waals surface area contributed by atoms with Crippen molar-refractivity contribution in [3.05, 3.63) is 139 Å². The first-order valence-electron chi connectivity index (χ1n) is 11.0. The van der Waals surface area contributed by atoms with Gasteiger partial charge in [-0.05, 0) is 67.3 Å². The van der Waals surface area contributed by atoms with Crippen LogP contribution in [0.1, 0.15) is 0 Å². The molecular weight excluding hydrogens is 418 g/mol. The smallest absolute Gasteiger partial charge is 0.0342 e. The monoisotopic (exact) mass is 441 g/mol. The fourth-order valence-corrected chi connectivity index (χ4v) is 4.87. The number of benzene rings is 5. The quantitative estimate of drug-likeness (QED) is 0.214. The maximum Gasteiger partial charge on any atom is 0.0342 e. The summed E-state index contributed by atoms with van der Waals surface area (Å²) in [5.41, 5.74) is 0. The van der Waals surface area contributed by atoms with Gasteiger partial charge in [-0.25, -0.2) is 0 Å². The molecule has 1 nitrogen and oxygen atoms in total. The minimum atomic E-state index is 1.34. The molecule has 2 heterocycles. The number of hydrogen-bond acceptors (Lipinski definition) is 2. The van der Waals surface area contributed by atoms with Gasteiger partial charge in [0.1, 0.15) is 0 Å². The summed E-state index contributed by atoms with van der Waals surface area (Å²) < 4.78 is 1.37. The number of rotatable bonds is 0. The molecule has 0 saturated carbocycles. The van der Waals surface area contributed by atoms with E-state index in [9.17, 15) is 0 Å². The Kier molecular flexibility index (Phi) is 6.37. The maximum absolute atomic E-state index is 3.78. The summed E-state index contributed by atoms with van der Waals surface area (Å²) >= 11 is 1.79. The van der Waals surface area contributed by atoms with Gasteiger partial charge in [-0.2, -0.15) is 0 Å². The molecule has 33 heavy (non-hydrogen) atoms. The fraction of sp³-hybridized carbons (Fsp3) is 0. The summed E-state index contributed by atoms with van der Waals surface area (Å²) in [6, 6.07) is 42.2. The first-order valence-corrected chi connectivity index (χ1v) is 11.9. The molecular formula is C31H23NS. The Morgan fingerprint density at radius 2 is 0.818 bits per heavy atom. The predicted molar refractivity (Wildman–Crippen MR) is 145 cm³/mol. The summed E-state index contributed by atoms with van der Waals surface area (Å²) in [4.78, 5) is 3.78. The van der Waals surface area contributed by atoms with Gasteiger partial charge in [-0.15, -0.1) is 11.3 Å². The van der Waals surface area contributed by atoms with Crippen LogP contribution in [0.5, 0.6) is 0 Å². The molecule has 0 spiro atoms. The van der Waals surface area contributed by atoms with E-state index < -0.39 is 0 Å². The van der Waals surface area contributed by atoms with E-state index in [-0.39, 0.29) is 0 Å². The molecule has 7 rings (SSSR count). The number of hydrogen-bond donors (Lipinski definition) is 0. The number of aromatic nitrogens is 1. The highest BCUT2D eigenvalue weighted by Crippen LogP contribution is 2.34. The van der Waals surface area contributed by atoms with Crippen molar-refractivity contribution < 1.29 is 0 Å². The highest BCUT2D eigenvalue weighted by molar-refractivity contribution is 7.17. The Labute approximate surface area is 197 Å². The molecule has 0 aliphatic carbocycles. The molecule has 0 unspecified atom stereocenters. The minimum absolute atomic E-state index is 1.34. The second kappa shape index (κ2) is 10.1. The van der Waals surface area contributed by atoms with Crippen LogP contribution in [0.25, 0.3) is 42.4 Å². The molecule has 5 aromatic carbocycles. The molecule has 0 fully saturated rings. The zero-order valence-corrected chi connectivity index (χ0v) is 19.0. The largest absolute Gasteiger partial charge is 0.265 e. The SMILES string of the molecule is c1ccc2c(c1)c1ccccc1c1ccccc21.c1ccc2sccc2c1.c1ccncc1. The van der Waals surface area contributed by atoms with Crippen molar-refractivity contribution in [1.82, 2.24) is 4.98 Å². The van der Waals surface area contributed by atoms with Gasteiger partial charge < -0.3 is 0 Å². The summed E-state index contributed by atoms with van der Waals surface area (Å²) in [6.07, 6.45) is 3.50. The molecule has 0 saturated heterocycles. The lowest BCUT2D eigenvalue weighted by Crippen LogP contribution is -1.81. The molecule has 158 valence electrons. The van der Waals surface area contributed by atoms with Gasteiger partial charge >= 0.3 is 0 Å². The van der Waals surface area contributed by atoms with Gasteiger partial charge in [0.05, 0.1) is 0 Å². The fourth-order valence-electron chi connectivity index (χ4n) is 4.08. The van der Waals surface area contributed by atoms with Crippen molar-refractivity contribution >= 4 is 53.7 Å². The van der Waals surface area contributed by atoms with Gasteiger partial charge in [-0.3, -0.25) is 4.98 Å². The van der Waals surface area contributed by atoms with Crippen molar-refractivity contribution in [2.75, 3.05) is 0 Å². The highest BCUT2D eigenvalue weighted by Gasteiger charge is 2.06. The lowest BCUT2D eigenvalue weighted by Gasteiger charge is -2.09. The zero-order valence-electron chi connectivity index (χ0n) is 18.1. The Morgan fingerprint density at radius 1 is 0.394 bits per heavy atom. The number of fused-ring (bicyclic) bond motifs is 7. The number of nitrogens with zero attached hydrogens (tertiary/aromatic N) is 1. The van der Waals surface area contributed by atoms with Crippen molar-refractivity contribution in [3.63, 3.8) is 0 Å². The Hall–Kier alpha value is -4.01. The molecule has 0 aliphatic heterocycles. The van der Waals surface area contributed by atoms with Gasteiger partial charge in [0.2, 0.25) is 0 Å². The first kappa shape index (κ1) is 20.9. The van der Waals surface area contributed by atoms with Gasteiger partial charge in [0.25, 0.3) is 0 Å². The van der Waals surface area contributed by atoms with E-state index in [1.165, 1.54) is 42.4 Å². The van der Waals surface area contributed by atoms with Crippen molar-refractivity contribution in [3.8, 4) is 0 Å². The van der Waals surface area contributed by atoms with Crippen molar-refractivity contribution in [1.29, 1.82) is 0 Å². The maximum atomic E-state index is 3.78. The molecule has 0 N–H and O–H groups in total. The molecule has 0 atom stereocenters. The topological polar surface area (TPSA) is 12.9 Å². The van der Waals surface area contributed by atoms with Crippen LogP contribution in [0.3, 0.4) is 0 Å². The van der Waals surface area contributed by atoms with E-state index >= 15 is 0 Å². The molecule has 0 amide bonds. The third-order valence-corrected chi connectivity index (χ3v) is 6.48. The number of pyridine rings is 1. The minimum Gasteiger partial charge on any atom is -0.265 e. The second-order valence-electron chi connectivity index (χ2n) is 7.62. The molecule has 2 heteroatoms. The molecule has 2 aromatic heterocycles. The lowest BCUT2D eigenvalue weighted by molar-refractivity contribution is 1.33. The average molecular weight is 442 g/mol.